The second-order valence-electron chi connectivity index (χ2n) is 2.86. The lowest BCUT2D eigenvalue weighted by molar-refractivity contribution is -0.607. The predicted molar refractivity (Wildman–Crippen MR) is 55.5 cm³/mol. The fraction of sp³-hybridized carbons (Fsp3) is 0.182. The van der Waals surface area contributed by atoms with Gasteiger partial charge in [-0.2, -0.15) is 4.73 Å². The predicted octanol–water partition coefficient (Wildman–Crippen LogP) is 0.622. The van der Waals surface area contributed by atoms with Gasteiger partial charge >= 0.3 is 5.97 Å². The van der Waals surface area contributed by atoms with Gasteiger partial charge in [0.15, 0.2) is 6.20 Å². The van der Waals surface area contributed by atoms with Gasteiger partial charge in [-0.1, -0.05) is 0 Å². The first-order valence-electron chi connectivity index (χ1n) is 4.72. The van der Waals surface area contributed by atoms with Crippen LogP contribution in [-0.2, 0) is 9.53 Å². The van der Waals surface area contributed by atoms with E-state index in [0.717, 1.165) is 12.2 Å². The highest BCUT2D eigenvalue weighted by atomic mass is 16.5. The van der Waals surface area contributed by atoms with E-state index in [1.165, 1.54) is 18.3 Å². The second kappa shape index (κ2) is 5.65. The number of aromatic nitrogens is 1. The van der Waals surface area contributed by atoms with Crippen LogP contribution in [0.5, 0.6) is 0 Å². The molecule has 0 amide bonds. The van der Waals surface area contributed by atoms with E-state index in [2.05, 4.69) is 4.74 Å². The summed E-state index contributed by atoms with van der Waals surface area (Å²) in [6.45, 7) is 1.90. The summed E-state index contributed by atoms with van der Waals surface area (Å²) in [7, 11) is 0. The standard InChI is InChI=1S/C11H11NO4/c1-2-16-11(14)7-6-10(13)9-5-3-4-8-12(9)15/h3-8H,2H2,1H3/b7-6+. The lowest BCUT2D eigenvalue weighted by Gasteiger charge is -1.99. The zero-order valence-corrected chi connectivity index (χ0v) is 8.75. The van der Waals surface area contributed by atoms with Gasteiger partial charge in [0, 0.05) is 18.2 Å². The molecule has 1 heterocycles. The Bertz CT molecular complexity index is 426. The second-order valence-corrected chi connectivity index (χ2v) is 2.86. The number of hydrogen-bond acceptors (Lipinski definition) is 4. The van der Waals surface area contributed by atoms with Crippen molar-refractivity contribution >= 4 is 11.8 Å². The van der Waals surface area contributed by atoms with E-state index in [0.29, 0.717) is 4.73 Å². The van der Waals surface area contributed by atoms with Crippen molar-refractivity contribution in [1.29, 1.82) is 0 Å². The van der Waals surface area contributed by atoms with E-state index < -0.39 is 11.8 Å². The Morgan fingerprint density at radius 3 is 2.81 bits per heavy atom. The van der Waals surface area contributed by atoms with Crippen LogP contribution in [0.2, 0.25) is 0 Å². The summed E-state index contributed by atoms with van der Waals surface area (Å²) in [4.78, 5) is 22.4. The number of carbonyl (C=O) groups excluding carboxylic acids is 2. The Kier molecular flexibility index (Phi) is 4.20. The SMILES string of the molecule is CCOC(=O)/C=C/C(=O)c1cccc[n+]1[O-]. The maximum atomic E-state index is 11.5. The lowest BCUT2D eigenvalue weighted by atomic mass is 10.2. The molecule has 1 rings (SSSR count). The number of allylic oxidation sites excluding steroid dienone is 1. The molecule has 0 aromatic carbocycles. The molecule has 1 aromatic rings. The van der Waals surface area contributed by atoms with Crippen molar-refractivity contribution in [3.05, 3.63) is 47.4 Å². The van der Waals surface area contributed by atoms with Gasteiger partial charge in [0.25, 0.3) is 11.5 Å². The smallest absolute Gasteiger partial charge is 0.330 e. The van der Waals surface area contributed by atoms with Gasteiger partial charge in [0.05, 0.1) is 6.61 Å². The van der Waals surface area contributed by atoms with Crippen molar-refractivity contribution in [3.8, 4) is 0 Å². The third-order valence-corrected chi connectivity index (χ3v) is 1.73. The van der Waals surface area contributed by atoms with E-state index in [4.69, 9.17) is 0 Å². The van der Waals surface area contributed by atoms with Gasteiger partial charge in [-0.3, -0.25) is 4.79 Å². The molecule has 0 aliphatic heterocycles. The van der Waals surface area contributed by atoms with Crippen LogP contribution in [0.3, 0.4) is 0 Å². The van der Waals surface area contributed by atoms with Gasteiger partial charge in [-0.15, -0.1) is 0 Å². The van der Waals surface area contributed by atoms with Crippen LogP contribution < -0.4 is 4.73 Å². The normalized spacial score (nSPS) is 10.3. The molecule has 0 radical (unpaired) electrons. The summed E-state index contributed by atoms with van der Waals surface area (Å²) in [5.41, 5.74) is -0.0388. The molecular weight excluding hydrogens is 210 g/mol. The number of carbonyl (C=O) groups is 2. The Morgan fingerprint density at radius 1 is 1.44 bits per heavy atom. The highest BCUT2D eigenvalue weighted by Gasteiger charge is 2.11. The van der Waals surface area contributed by atoms with Gasteiger partial charge < -0.3 is 9.94 Å². The maximum Gasteiger partial charge on any atom is 0.330 e. The molecule has 0 saturated carbocycles. The van der Waals surface area contributed by atoms with Crippen molar-refractivity contribution in [3.63, 3.8) is 0 Å². The molecule has 0 unspecified atom stereocenters. The zero-order valence-electron chi connectivity index (χ0n) is 8.75. The van der Waals surface area contributed by atoms with Crippen molar-refractivity contribution in [2.45, 2.75) is 6.92 Å². The number of ketones is 1. The quantitative estimate of drug-likeness (QED) is 0.246. The fourth-order valence-corrected chi connectivity index (χ4v) is 1.04. The minimum Gasteiger partial charge on any atom is -0.618 e. The van der Waals surface area contributed by atoms with E-state index in [1.54, 1.807) is 13.0 Å². The van der Waals surface area contributed by atoms with E-state index in [-0.39, 0.29) is 12.3 Å². The molecule has 0 spiro atoms. The van der Waals surface area contributed by atoms with Crippen LogP contribution >= 0.6 is 0 Å². The van der Waals surface area contributed by atoms with E-state index >= 15 is 0 Å². The number of hydrogen-bond donors (Lipinski definition) is 0. The van der Waals surface area contributed by atoms with Crippen LogP contribution in [0.1, 0.15) is 17.4 Å². The fourth-order valence-electron chi connectivity index (χ4n) is 1.04. The summed E-state index contributed by atoms with van der Waals surface area (Å²) in [6, 6.07) is 4.46. The molecule has 5 nitrogen and oxygen atoms in total. The number of nitrogens with zero attached hydrogens (tertiary/aromatic N) is 1. The van der Waals surface area contributed by atoms with Gasteiger partial charge in [0.1, 0.15) is 0 Å². The first-order chi connectivity index (χ1) is 7.65. The van der Waals surface area contributed by atoms with E-state index in [9.17, 15) is 14.8 Å². The molecule has 5 heteroatoms. The molecular formula is C11H11NO4. The van der Waals surface area contributed by atoms with E-state index in [1.807, 2.05) is 0 Å². The van der Waals surface area contributed by atoms with Crippen molar-refractivity contribution < 1.29 is 19.1 Å². The number of pyridine rings is 1. The maximum absolute atomic E-state index is 11.5. The summed E-state index contributed by atoms with van der Waals surface area (Å²) in [5.74, 6) is -1.15. The molecule has 0 aliphatic carbocycles. The summed E-state index contributed by atoms with van der Waals surface area (Å²) < 4.78 is 5.04. The highest BCUT2D eigenvalue weighted by molar-refractivity contribution is 6.04. The Hall–Kier alpha value is -2.17. The summed E-state index contributed by atoms with van der Waals surface area (Å²) in [5, 5.41) is 11.2. The first kappa shape index (κ1) is 11.9. The Morgan fingerprint density at radius 2 is 2.19 bits per heavy atom. The van der Waals surface area contributed by atoms with Crippen molar-refractivity contribution in [1.82, 2.24) is 0 Å². The average Bonchev–Trinajstić information content (AvgIpc) is 2.27. The highest BCUT2D eigenvalue weighted by Crippen LogP contribution is 1.95. The number of ether oxygens (including phenoxy) is 1. The van der Waals surface area contributed by atoms with Crippen LogP contribution in [0.4, 0.5) is 0 Å². The largest absolute Gasteiger partial charge is 0.618 e. The lowest BCUT2D eigenvalue weighted by Crippen LogP contribution is -2.33. The van der Waals surface area contributed by atoms with Crippen molar-refractivity contribution in [2.24, 2.45) is 0 Å². The zero-order chi connectivity index (χ0) is 12.0. The topological polar surface area (TPSA) is 70.3 Å². The van der Waals surface area contributed by atoms with Gasteiger partial charge in [0.2, 0.25) is 0 Å². The van der Waals surface area contributed by atoms with Gasteiger partial charge in [-0.25, -0.2) is 4.79 Å². The van der Waals surface area contributed by atoms with Crippen LogP contribution in [0.15, 0.2) is 36.5 Å². The van der Waals surface area contributed by atoms with Crippen LogP contribution in [-0.4, -0.2) is 18.4 Å². The van der Waals surface area contributed by atoms with Crippen molar-refractivity contribution in [2.75, 3.05) is 6.61 Å². The van der Waals surface area contributed by atoms with Crippen LogP contribution in [0, 0.1) is 5.21 Å². The molecule has 1 aromatic heterocycles. The first-order valence-corrected chi connectivity index (χ1v) is 4.72. The molecule has 0 N–H and O–H groups in total. The molecule has 0 atom stereocenters. The molecule has 0 bridgehead atoms. The monoisotopic (exact) mass is 221 g/mol. The Balaban J connectivity index is 2.73. The third kappa shape index (κ3) is 3.20. The van der Waals surface area contributed by atoms with Gasteiger partial charge in [-0.05, 0) is 19.1 Å². The summed E-state index contributed by atoms with van der Waals surface area (Å²) in [6.07, 6.45) is 3.23. The average molecular weight is 221 g/mol. The number of rotatable bonds is 4. The summed E-state index contributed by atoms with van der Waals surface area (Å²) >= 11 is 0. The van der Waals surface area contributed by atoms with Crippen LogP contribution in [0.25, 0.3) is 0 Å². The minimum absolute atomic E-state index is 0.0388. The molecule has 0 fully saturated rings. The molecule has 84 valence electrons. The third-order valence-electron chi connectivity index (χ3n) is 1.73. The number of esters is 1. The molecule has 0 aliphatic rings. The minimum atomic E-state index is -0.607. The molecule has 0 saturated heterocycles. The molecule has 16 heavy (non-hydrogen) atoms. The Labute approximate surface area is 92.5 Å².